The molecule has 0 spiro atoms. The van der Waals surface area contributed by atoms with Crippen LogP contribution >= 0.6 is 0 Å². The van der Waals surface area contributed by atoms with Gasteiger partial charge in [-0.25, -0.2) is 4.39 Å². The molecule has 19 heavy (non-hydrogen) atoms. The third-order valence-corrected chi connectivity index (χ3v) is 3.86. The second kappa shape index (κ2) is 5.57. The minimum absolute atomic E-state index is 0.184. The summed E-state index contributed by atoms with van der Waals surface area (Å²) in [7, 11) is 0. The lowest BCUT2D eigenvalue weighted by molar-refractivity contribution is 0.1000. The third kappa shape index (κ3) is 3.04. The Morgan fingerprint density at radius 3 is 2.53 bits per heavy atom. The number of rotatable bonds is 3. The van der Waals surface area contributed by atoms with Gasteiger partial charge >= 0.3 is 0 Å². The van der Waals surface area contributed by atoms with Crippen LogP contribution in [-0.4, -0.2) is 25.0 Å². The summed E-state index contributed by atoms with van der Waals surface area (Å²) in [6, 6.07) is 4.58. The van der Waals surface area contributed by atoms with E-state index in [1.54, 1.807) is 12.1 Å². The zero-order valence-corrected chi connectivity index (χ0v) is 11.1. The van der Waals surface area contributed by atoms with Crippen molar-refractivity contribution in [2.24, 2.45) is 17.4 Å². The fourth-order valence-electron chi connectivity index (χ4n) is 2.58. The van der Waals surface area contributed by atoms with Crippen LogP contribution in [0.3, 0.4) is 0 Å². The molecule has 1 aromatic rings. The number of hydrogen-bond donors (Lipinski definition) is 2. The Bertz CT molecular complexity index is 468. The molecule has 1 atom stereocenters. The lowest BCUT2D eigenvalue weighted by atomic mass is 9.90. The molecule has 1 aliphatic rings. The first-order valence-electron chi connectivity index (χ1n) is 6.59. The van der Waals surface area contributed by atoms with E-state index in [9.17, 15) is 9.18 Å². The van der Waals surface area contributed by atoms with E-state index in [1.807, 2.05) is 11.8 Å². The van der Waals surface area contributed by atoms with E-state index >= 15 is 0 Å². The molecule has 1 aliphatic heterocycles. The van der Waals surface area contributed by atoms with Crippen molar-refractivity contribution < 1.29 is 9.18 Å². The number of hydrogen-bond acceptors (Lipinski definition) is 3. The van der Waals surface area contributed by atoms with E-state index in [4.69, 9.17) is 11.5 Å². The molecule has 0 aliphatic carbocycles. The van der Waals surface area contributed by atoms with Crippen molar-refractivity contribution in [3.8, 4) is 0 Å². The Morgan fingerprint density at radius 2 is 2.05 bits per heavy atom. The fourth-order valence-corrected chi connectivity index (χ4v) is 2.58. The van der Waals surface area contributed by atoms with Crippen LogP contribution in [0.2, 0.25) is 0 Å². The third-order valence-electron chi connectivity index (χ3n) is 3.86. The normalized spacial score (nSPS) is 18.4. The van der Waals surface area contributed by atoms with Crippen LogP contribution in [0.5, 0.6) is 0 Å². The van der Waals surface area contributed by atoms with Gasteiger partial charge in [-0.05, 0) is 43.9 Å². The van der Waals surface area contributed by atoms with Crippen molar-refractivity contribution in [3.05, 3.63) is 29.6 Å². The van der Waals surface area contributed by atoms with Crippen LogP contribution < -0.4 is 16.4 Å². The quantitative estimate of drug-likeness (QED) is 0.869. The van der Waals surface area contributed by atoms with E-state index < -0.39 is 11.7 Å². The van der Waals surface area contributed by atoms with Crippen molar-refractivity contribution in [2.45, 2.75) is 25.8 Å². The predicted octanol–water partition coefficient (Wildman–Crippen LogP) is 1.49. The second-order valence-corrected chi connectivity index (χ2v) is 5.21. The Hall–Kier alpha value is -1.62. The summed E-state index contributed by atoms with van der Waals surface area (Å²) in [5.41, 5.74) is 11.8. The molecule has 1 amide bonds. The number of piperidine rings is 1. The van der Waals surface area contributed by atoms with Crippen molar-refractivity contribution in [3.63, 3.8) is 0 Å². The van der Waals surface area contributed by atoms with Gasteiger partial charge < -0.3 is 16.4 Å². The Kier molecular flexibility index (Phi) is 4.04. The molecule has 0 radical (unpaired) electrons. The average molecular weight is 265 g/mol. The van der Waals surface area contributed by atoms with Gasteiger partial charge in [-0.15, -0.1) is 0 Å². The van der Waals surface area contributed by atoms with Gasteiger partial charge in [-0.1, -0.05) is 0 Å². The van der Waals surface area contributed by atoms with Crippen LogP contribution in [0, 0.1) is 11.7 Å². The molecule has 2 rings (SSSR count). The maximum atomic E-state index is 14.0. The maximum Gasteiger partial charge on any atom is 0.248 e. The molecule has 4 N–H and O–H groups in total. The molecule has 1 heterocycles. The first kappa shape index (κ1) is 13.8. The van der Waals surface area contributed by atoms with Crippen LogP contribution in [0.15, 0.2) is 18.2 Å². The largest absolute Gasteiger partial charge is 0.369 e. The Morgan fingerprint density at radius 1 is 1.42 bits per heavy atom. The highest BCUT2D eigenvalue weighted by Crippen LogP contribution is 2.27. The number of nitrogens with zero attached hydrogens (tertiary/aromatic N) is 1. The first-order valence-corrected chi connectivity index (χ1v) is 6.59. The number of primary amides is 1. The average Bonchev–Trinajstić information content (AvgIpc) is 2.38. The van der Waals surface area contributed by atoms with Crippen molar-refractivity contribution in [1.29, 1.82) is 0 Å². The van der Waals surface area contributed by atoms with Crippen LogP contribution in [0.4, 0.5) is 10.1 Å². The van der Waals surface area contributed by atoms with E-state index in [0.29, 0.717) is 11.6 Å². The second-order valence-electron chi connectivity index (χ2n) is 5.21. The SMILES string of the molecule is CC(N)C1CCN(c2ccc(C(N)=O)cc2F)CC1. The van der Waals surface area contributed by atoms with E-state index in [0.717, 1.165) is 25.9 Å². The maximum absolute atomic E-state index is 14.0. The first-order chi connectivity index (χ1) is 8.99. The van der Waals surface area contributed by atoms with Gasteiger partial charge in [0.2, 0.25) is 5.91 Å². The standard InChI is InChI=1S/C14H20FN3O/c1-9(16)10-4-6-18(7-5-10)13-3-2-11(14(17)19)8-12(13)15/h2-3,8-10H,4-7,16H2,1H3,(H2,17,19). The minimum Gasteiger partial charge on any atom is -0.369 e. The number of halogens is 1. The van der Waals surface area contributed by atoms with Crippen molar-refractivity contribution in [2.75, 3.05) is 18.0 Å². The van der Waals surface area contributed by atoms with Gasteiger partial charge in [-0.3, -0.25) is 4.79 Å². The number of benzene rings is 1. The highest BCUT2D eigenvalue weighted by atomic mass is 19.1. The lowest BCUT2D eigenvalue weighted by Crippen LogP contribution is -2.40. The zero-order valence-electron chi connectivity index (χ0n) is 11.1. The molecule has 0 bridgehead atoms. The highest BCUT2D eigenvalue weighted by Gasteiger charge is 2.23. The molecule has 104 valence electrons. The van der Waals surface area contributed by atoms with Gasteiger partial charge in [0, 0.05) is 24.7 Å². The fraction of sp³-hybridized carbons (Fsp3) is 0.500. The Balaban J connectivity index is 2.09. The molecule has 5 heteroatoms. The van der Waals surface area contributed by atoms with Crippen LogP contribution in [0.1, 0.15) is 30.1 Å². The molecule has 1 fully saturated rings. The van der Waals surface area contributed by atoms with Gasteiger partial charge in [0.1, 0.15) is 5.82 Å². The topological polar surface area (TPSA) is 72.3 Å². The lowest BCUT2D eigenvalue weighted by Gasteiger charge is -2.35. The predicted molar refractivity (Wildman–Crippen MR) is 73.5 cm³/mol. The number of carbonyl (C=O) groups excluding carboxylic acids is 1. The summed E-state index contributed by atoms with van der Waals surface area (Å²) in [5, 5.41) is 0. The summed E-state index contributed by atoms with van der Waals surface area (Å²) in [6.07, 6.45) is 1.93. The summed E-state index contributed by atoms with van der Waals surface area (Å²) < 4.78 is 14.0. The molecule has 1 aromatic carbocycles. The van der Waals surface area contributed by atoms with Gasteiger partial charge in [0.05, 0.1) is 5.69 Å². The summed E-state index contributed by atoms with van der Waals surface area (Å²) in [4.78, 5) is 13.0. The summed E-state index contributed by atoms with van der Waals surface area (Å²) in [6.45, 7) is 3.60. The number of anilines is 1. The van der Waals surface area contributed by atoms with E-state index in [-0.39, 0.29) is 11.6 Å². The summed E-state index contributed by atoms with van der Waals surface area (Å²) in [5.74, 6) is -0.499. The molecule has 1 unspecified atom stereocenters. The minimum atomic E-state index is -0.610. The van der Waals surface area contributed by atoms with Crippen LogP contribution in [-0.2, 0) is 0 Å². The molecule has 4 nitrogen and oxygen atoms in total. The molecular weight excluding hydrogens is 245 g/mol. The van der Waals surface area contributed by atoms with Gasteiger partial charge in [-0.2, -0.15) is 0 Å². The Labute approximate surface area is 112 Å². The monoisotopic (exact) mass is 265 g/mol. The van der Waals surface area contributed by atoms with E-state index in [2.05, 4.69) is 0 Å². The van der Waals surface area contributed by atoms with E-state index in [1.165, 1.54) is 6.07 Å². The van der Waals surface area contributed by atoms with Crippen molar-refractivity contribution >= 4 is 11.6 Å². The highest BCUT2D eigenvalue weighted by molar-refractivity contribution is 5.93. The smallest absolute Gasteiger partial charge is 0.248 e. The van der Waals surface area contributed by atoms with Crippen LogP contribution in [0.25, 0.3) is 0 Å². The van der Waals surface area contributed by atoms with Gasteiger partial charge in [0.25, 0.3) is 0 Å². The van der Waals surface area contributed by atoms with Crippen molar-refractivity contribution in [1.82, 2.24) is 0 Å². The number of nitrogens with two attached hydrogens (primary N) is 2. The number of amides is 1. The zero-order chi connectivity index (χ0) is 14.0. The molecule has 0 saturated carbocycles. The number of carbonyl (C=O) groups is 1. The molecular formula is C14H20FN3O. The molecule has 1 saturated heterocycles. The molecule has 0 aromatic heterocycles. The van der Waals surface area contributed by atoms with Gasteiger partial charge in [0.15, 0.2) is 0 Å². The summed E-state index contributed by atoms with van der Waals surface area (Å²) >= 11 is 0.